The van der Waals surface area contributed by atoms with Gasteiger partial charge in [-0.3, -0.25) is 9.47 Å². The Kier molecular flexibility index (Phi) is 4.98. The number of aromatic nitrogens is 1. The Labute approximate surface area is 198 Å². The third-order valence-corrected chi connectivity index (χ3v) is 6.04. The molecule has 1 aromatic heterocycles. The van der Waals surface area contributed by atoms with Crippen LogP contribution in [0.15, 0.2) is 48.5 Å². The van der Waals surface area contributed by atoms with Gasteiger partial charge < -0.3 is 35.3 Å². The molecule has 1 unspecified atom stereocenters. The Balaban J connectivity index is 1.81. The minimum Gasteiger partial charge on any atom is -0.504 e. The van der Waals surface area contributed by atoms with Crippen molar-refractivity contribution in [3.05, 3.63) is 70.2 Å². The maximum Gasteiger partial charge on any atom is 0.308 e. The lowest BCUT2D eigenvalue weighted by Gasteiger charge is -2.25. The Morgan fingerprint density at radius 1 is 0.886 bits per heavy atom. The standard InChI is InChI=1S/C26H22N2O7/c1-13(29)35-26-10-17-16(7-14-3-5-21(30)23(32)8-14)19-11-18(15-4-6-22(31)24(33)9-15)27(2)28(19)20(17)12-25(26)34/h3-12,18,30-34H,1-2H3/b16-7-. The summed E-state index contributed by atoms with van der Waals surface area (Å²) in [5.41, 5.74) is 1.97. The van der Waals surface area contributed by atoms with E-state index >= 15 is 0 Å². The number of aromatic hydroxyl groups is 5. The zero-order chi connectivity index (χ0) is 25.0. The molecule has 9 heteroatoms. The number of carbonyl (C=O) groups excluding carboxylic acids is 1. The van der Waals surface area contributed by atoms with Gasteiger partial charge in [-0.05, 0) is 53.6 Å². The van der Waals surface area contributed by atoms with E-state index in [1.165, 1.54) is 37.3 Å². The number of phenols is 5. The largest absolute Gasteiger partial charge is 0.504 e. The monoisotopic (exact) mass is 474 g/mol. The number of ether oxygens (including phenoxy) is 1. The highest BCUT2D eigenvalue weighted by Crippen LogP contribution is 2.35. The van der Waals surface area contributed by atoms with Crippen LogP contribution in [0, 0.1) is 0 Å². The van der Waals surface area contributed by atoms with Gasteiger partial charge in [-0.1, -0.05) is 12.1 Å². The van der Waals surface area contributed by atoms with E-state index < -0.39 is 5.97 Å². The molecule has 178 valence electrons. The summed E-state index contributed by atoms with van der Waals surface area (Å²) in [5, 5.41) is 54.0. The van der Waals surface area contributed by atoms with Crippen LogP contribution in [0.3, 0.4) is 0 Å². The predicted molar refractivity (Wildman–Crippen MR) is 129 cm³/mol. The topological polar surface area (TPSA) is 136 Å². The van der Waals surface area contributed by atoms with Gasteiger partial charge in [-0.2, -0.15) is 0 Å². The van der Waals surface area contributed by atoms with E-state index in [2.05, 4.69) is 0 Å². The van der Waals surface area contributed by atoms with Crippen LogP contribution in [0.5, 0.6) is 34.5 Å². The lowest BCUT2D eigenvalue weighted by Crippen LogP contribution is -2.35. The first-order chi connectivity index (χ1) is 16.6. The number of esters is 1. The second-order valence-electron chi connectivity index (χ2n) is 8.37. The first-order valence-corrected chi connectivity index (χ1v) is 10.7. The van der Waals surface area contributed by atoms with E-state index in [9.17, 15) is 30.3 Å². The van der Waals surface area contributed by atoms with Gasteiger partial charge in [-0.15, -0.1) is 0 Å². The van der Waals surface area contributed by atoms with Gasteiger partial charge in [0, 0.05) is 30.6 Å². The molecule has 5 N–H and O–H groups in total. The average molecular weight is 474 g/mol. The summed E-state index contributed by atoms with van der Waals surface area (Å²) in [4.78, 5) is 11.5. The molecule has 0 aliphatic carbocycles. The van der Waals surface area contributed by atoms with Crippen LogP contribution in [0.4, 0.5) is 0 Å². The van der Waals surface area contributed by atoms with E-state index in [1.54, 1.807) is 18.2 Å². The number of carbonyl (C=O) groups is 1. The molecule has 2 heterocycles. The summed E-state index contributed by atoms with van der Waals surface area (Å²) < 4.78 is 7.06. The van der Waals surface area contributed by atoms with Gasteiger partial charge in [0.05, 0.1) is 16.9 Å². The third-order valence-electron chi connectivity index (χ3n) is 6.04. The number of fused-ring (bicyclic) bond motifs is 3. The van der Waals surface area contributed by atoms with Crippen molar-refractivity contribution in [2.75, 3.05) is 12.1 Å². The molecular formula is C26H22N2O7. The van der Waals surface area contributed by atoms with Crippen LogP contribution < -0.4 is 20.3 Å². The van der Waals surface area contributed by atoms with Crippen LogP contribution >= 0.6 is 0 Å². The van der Waals surface area contributed by atoms with Crippen molar-refractivity contribution < 1.29 is 35.1 Å². The quantitative estimate of drug-likeness (QED) is 0.173. The van der Waals surface area contributed by atoms with Crippen LogP contribution in [-0.4, -0.2) is 43.2 Å². The molecule has 0 saturated heterocycles. The molecule has 0 bridgehead atoms. The van der Waals surface area contributed by atoms with Crippen LogP contribution in [0.1, 0.15) is 24.1 Å². The summed E-state index contributed by atoms with van der Waals surface area (Å²) in [6.45, 7) is 1.24. The van der Waals surface area contributed by atoms with E-state index in [-0.39, 0.29) is 40.5 Å². The minimum absolute atomic E-state index is 0.0140. The molecule has 1 aliphatic heterocycles. The maximum atomic E-state index is 11.5. The third kappa shape index (κ3) is 3.63. The normalized spacial score (nSPS) is 15.3. The highest BCUT2D eigenvalue weighted by molar-refractivity contribution is 5.88. The van der Waals surface area contributed by atoms with Crippen LogP contribution in [0.25, 0.3) is 23.1 Å². The second-order valence-corrected chi connectivity index (χ2v) is 8.37. The first kappa shape index (κ1) is 22.0. The lowest BCUT2D eigenvalue weighted by molar-refractivity contribution is -0.132. The fraction of sp³-hybridized carbons (Fsp3) is 0.115. The molecule has 0 saturated carbocycles. The SMILES string of the molecule is CC(=O)Oc1cc2/c(=C/c3ccc(O)c(O)c3)c3n(c2cc1O)N(C)C(c1ccc(O)c(O)c1)C=3. The van der Waals surface area contributed by atoms with Crippen LogP contribution in [-0.2, 0) is 4.79 Å². The zero-order valence-corrected chi connectivity index (χ0v) is 18.8. The molecule has 35 heavy (non-hydrogen) atoms. The molecule has 1 atom stereocenters. The van der Waals surface area contributed by atoms with Crippen molar-refractivity contribution in [2.45, 2.75) is 13.0 Å². The van der Waals surface area contributed by atoms with Gasteiger partial charge in [0.1, 0.15) is 0 Å². The van der Waals surface area contributed by atoms with Crippen molar-refractivity contribution in [3.8, 4) is 34.5 Å². The summed E-state index contributed by atoms with van der Waals surface area (Å²) in [6, 6.07) is 11.8. The Bertz CT molecular complexity index is 1640. The Morgan fingerprint density at radius 2 is 1.57 bits per heavy atom. The molecular weight excluding hydrogens is 452 g/mol. The van der Waals surface area contributed by atoms with E-state index in [4.69, 9.17) is 4.74 Å². The molecule has 9 nitrogen and oxygen atoms in total. The molecule has 5 rings (SSSR count). The highest BCUT2D eigenvalue weighted by atomic mass is 16.5. The molecule has 0 spiro atoms. The number of phenolic OH excluding ortho intramolecular Hbond substituents is 5. The first-order valence-electron chi connectivity index (χ1n) is 10.7. The van der Waals surface area contributed by atoms with Gasteiger partial charge in [0.15, 0.2) is 34.5 Å². The fourth-order valence-corrected chi connectivity index (χ4v) is 4.43. The van der Waals surface area contributed by atoms with E-state index in [1.807, 2.05) is 28.9 Å². The molecule has 0 radical (unpaired) electrons. The highest BCUT2D eigenvalue weighted by Gasteiger charge is 2.27. The molecule has 3 aromatic carbocycles. The molecule has 1 aliphatic rings. The predicted octanol–water partition coefficient (Wildman–Crippen LogP) is 2.03. The Hall–Kier alpha value is -4.79. The number of rotatable bonds is 3. The van der Waals surface area contributed by atoms with Crippen molar-refractivity contribution in [1.29, 1.82) is 0 Å². The fourth-order valence-electron chi connectivity index (χ4n) is 4.43. The smallest absolute Gasteiger partial charge is 0.308 e. The van der Waals surface area contributed by atoms with Gasteiger partial charge in [0.25, 0.3) is 0 Å². The van der Waals surface area contributed by atoms with Crippen molar-refractivity contribution in [2.24, 2.45) is 0 Å². The maximum absolute atomic E-state index is 11.5. The Morgan fingerprint density at radius 3 is 2.23 bits per heavy atom. The van der Waals surface area contributed by atoms with Crippen molar-refractivity contribution in [3.63, 3.8) is 0 Å². The number of hydrogen-bond donors (Lipinski definition) is 5. The number of hydrogen-bond acceptors (Lipinski definition) is 8. The van der Waals surface area contributed by atoms with Crippen LogP contribution in [0.2, 0.25) is 0 Å². The average Bonchev–Trinajstić information content (AvgIpc) is 3.28. The summed E-state index contributed by atoms with van der Waals surface area (Å²) in [6.07, 6.45) is 3.77. The van der Waals surface area contributed by atoms with Crippen molar-refractivity contribution in [1.82, 2.24) is 4.68 Å². The van der Waals surface area contributed by atoms with Gasteiger partial charge >= 0.3 is 5.97 Å². The van der Waals surface area contributed by atoms with Gasteiger partial charge in [-0.25, -0.2) is 0 Å². The van der Waals surface area contributed by atoms with E-state index in [0.29, 0.717) is 16.5 Å². The van der Waals surface area contributed by atoms with Gasteiger partial charge in [0.2, 0.25) is 0 Å². The summed E-state index contributed by atoms with van der Waals surface area (Å²) in [7, 11) is 1.84. The minimum atomic E-state index is -0.573. The summed E-state index contributed by atoms with van der Waals surface area (Å²) in [5.74, 6) is -1.73. The number of benzene rings is 3. The molecule has 0 amide bonds. The molecule has 4 aromatic rings. The lowest BCUT2D eigenvalue weighted by atomic mass is 10.0. The molecule has 0 fully saturated rings. The van der Waals surface area contributed by atoms with Crippen molar-refractivity contribution >= 4 is 29.0 Å². The number of nitrogens with zero attached hydrogens (tertiary/aromatic N) is 2. The van der Waals surface area contributed by atoms with E-state index in [0.717, 1.165) is 16.1 Å². The zero-order valence-electron chi connectivity index (χ0n) is 18.8. The second kappa shape index (κ2) is 7.91. The summed E-state index contributed by atoms with van der Waals surface area (Å²) >= 11 is 0.